The lowest BCUT2D eigenvalue weighted by Gasteiger charge is -2.24. The summed E-state index contributed by atoms with van der Waals surface area (Å²) in [5.41, 5.74) is 2.11. The van der Waals surface area contributed by atoms with Gasteiger partial charge in [0.05, 0.1) is 16.0 Å². The summed E-state index contributed by atoms with van der Waals surface area (Å²) in [5, 5.41) is -0.183. The number of hydrogen-bond acceptors (Lipinski definition) is 2. The highest BCUT2D eigenvalue weighted by atomic mass is 35.5. The summed E-state index contributed by atoms with van der Waals surface area (Å²) in [7, 11) is -3.70. The van der Waals surface area contributed by atoms with Gasteiger partial charge in [0.15, 0.2) is 0 Å². The molecule has 1 saturated heterocycles. The van der Waals surface area contributed by atoms with E-state index in [-0.39, 0.29) is 16.0 Å². The van der Waals surface area contributed by atoms with Gasteiger partial charge >= 0.3 is 0 Å². The van der Waals surface area contributed by atoms with Crippen LogP contribution in [0.15, 0.2) is 47.4 Å². The summed E-state index contributed by atoms with van der Waals surface area (Å²) in [6.07, 6.45) is 1.57. The van der Waals surface area contributed by atoms with Gasteiger partial charge in [-0.3, -0.25) is 0 Å². The molecule has 1 aliphatic heterocycles. The third-order valence-electron chi connectivity index (χ3n) is 4.16. The first-order valence-electron chi connectivity index (χ1n) is 7.43. The molecule has 0 spiro atoms. The maximum Gasteiger partial charge on any atom is 0.243 e. The van der Waals surface area contributed by atoms with E-state index in [1.54, 1.807) is 0 Å². The van der Waals surface area contributed by atoms with Crippen LogP contribution in [0.2, 0.25) is 5.02 Å². The predicted molar refractivity (Wildman–Crippen MR) is 88.5 cm³/mol. The molecule has 2 aromatic carbocycles. The molecular weight excluding hydrogens is 337 g/mol. The van der Waals surface area contributed by atoms with E-state index in [0.29, 0.717) is 6.54 Å². The molecule has 3 nitrogen and oxygen atoms in total. The van der Waals surface area contributed by atoms with Crippen LogP contribution >= 0.6 is 11.6 Å². The molecule has 0 N–H and O–H groups in total. The average molecular weight is 354 g/mol. The van der Waals surface area contributed by atoms with Crippen LogP contribution in [0.25, 0.3) is 0 Å². The van der Waals surface area contributed by atoms with Crippen molar-refractivity contribution in [2.45, 2.75) is 30.7 Å². The van der Waals surface area contributed by atoms with Crippen molar-refractivity contribution < 1.29 is 12.8 Å². The average Bonchev–Trinajstić information content (AvgIpc) is 3.01. The quantitative estimate of drug-likeness (QED) is 0.824. The summed E-state index contributed by atoms with van der Waals surface area (Å²) >= 11 is 5.74. The highest BCUT2D eigenvalue weighted by molar-refractivity contribution is 7.89. The van der Waals surface area contributed by atoms with E-state index in [9.17, 15) is 12.8 Å². The van der Waals surface area contributed by atoms with Gasteiger partial charge in [0.1, 0.15) is 5.82 Å². The fourth-order valence-electron chi connectivity index (χ4n) is 2.92. The molecule has 23 heavy (non-hydrogen) atoms. The third-order valence-corrected chi connectivity index (χ3v) is 6.36. The van der Waals surface area contributed by atoms with Crippen LogP contribution in [0.3, 0.4) is 0 Å². The van der Waals surface area contributed by atoms with Gasteiger partial charge in [-0.1, -0.05) is 41.4 Å². The van der Waals surface area contributed by atoms with Gasteiger partial charge in [0.2, 0.25) is 10.0 Å². The number of nitrogens with zero attached hydrogens (tertiary/aromatic N) is 1. The topological polar surface area (TPSA) is 37.4 Å². The molecule has 0 aliphatic carbocycles. The predicted octanol–water partition coefficient (Wildman–Crippen LogP) is 4.31. The Morgan fingerprint density at radius 3 is 2.52 bits per heavy atom. The molecule has 6 heteroatoms. The number of rotatable bonds is 3. The molecule has 0 bridgehead atoms. The standard InChI is InChI=1S/C17H17ClFNO2S/c1-12-4-6-13(7-5-12)17-3-2-10-20(17)23(21,22)14-8-9-16(19)15(18)11-14/h4-9,11,17H,2-3,10H2,1H3/t17-/m1/s1. The van der Waals surface area contributed by atoms with Crippen molar-refractivity contribution in [3.63, 3.8) is 0 Å². The molecule has 0 aromatic heterocycles. The van der Waals surface area contributed by atoms with Crippen LogP contribution in [0.4, 0.5) is 4.39 Å². The van der Waals surface area contributed by atoms with Gasteiger partial charge < -0.3 is 0 Å². The Morgan fingerprint density at radius 2 is 1.87 bits per heavy atom. The van der Waals surface area contributed by atoms with Gasteiger partial charge in [-0.15, -0.1) is 0 Å². The van der Waals surface area contributed by atoms with E-state index < -0.39 is 15.8 Å². The second kappa shape index (κ2) is 6.23. The molecule has 0 amide bonds. The fraction of sp³-hybridized carbons (Fsp3) is 0.294. The molecule has 0 saturated carbocycles. The van der Waals surface area contributed by atoms with Gasteiger partial charge in [-0.05, 0) is 43.5 Å². The highest BCUT2D eigenvalue weighted by Gasteiger charge is 2.36. The van der Waals surface area contributed by atoms with Gasteiger partial charge in [0, 0.05) is 6.54 Å². The third kappa shape index (κ3) is 3.13. The number of halogens is 2. The zero-order chi connectivity index (χ0) is 16.6. The lowest BCUT2D eigenvalue weighted by atomic mass is 10.0. The zero-order valence-corrected chi connectivity index (χ0v) is 14.2. The lowest BCUT2D eigenvalue weighted by molar-refractivity contribution is 0.396. The summed E-state index contributed by atoms with van der Waals surface area (Å²) in [5.74, 6) is -0.623. The van der Waals surface area contributed by atoms with E-state index in [2.05, 4.69) is 0 Å². The smallest absolute Gasteiger partial charge is 0.207 e. The van der Waals surface area contributed by atoms with Crippen molar-refractivity contribution >= 4 is 21.6 Å². The minimum absolute atomic E-state index is 0.0305. The van der Waals surface area contributed by atoms with Crippen molar-refractivity contribution in [3.8, 4) is 0 Å². The number of benzene rings is 2. The van der Waals surface area contributed by atoms with Crippen LogP contribution in [0.5, 0.6) is 0 Å². The van der Waals surface area contributed by atoms with Crippen molar-refractivity contribution in [3.05, 3.63) is 64.4 Å². The van der Waals surface area contributed by atoms with Crippen LogP contribution in [0.1, 0.15) is 30.0 Å². The van der Waals surface area contributed by atoms with Crippen molar-refractivity contribution in [2.24, 2.45) is 0 Å². The summed E-state index contributed by atoms with van der Waals surface area (Å²) in [6, 6.07) is 11.2. The van der Waals surface area contributed by atoms with E-state index in [1.165, 1.54) is 16.4 Å². The summed E-state index contributed by atoms with van der Waals surface area (Å²) < 4.78 is 40.6. The molecule has 2 aromatic rings. The first kappa shape index (κ1) is 16.4. The van der Waals surface area contributed by atoms with Crippen LogP contribution in [-0.4, -0.2) is 19.3 Å². The number of aryl methyl sites for hydroxylation is 1. The van der Waals surface area contributed by atoms with Crippen LogP contribution in [0, 0.1) is 12.7 Å². The second-order valence-electron chi connectivity index (χ2n) is 5.76. The van der Waals surface area contributed by atoms with E-state index >= 15 is 0 Å². The molecule has 1 aliphatic rings. The molecule has 0 unspecified atom stereocenters. The summed E-state index contributed by atoms with van der Waals surface area (Å²) in [6.45, 7) is 2.45. The Kier molecular flexibility index (Phi) is 4.45. The van der Waals surface area contributed by atoms with Crippen molar-refractivity contribution in [1.82, 2.24) is 4.31 Å². The SMILES string of the molecule is Cc1ccc([C@H]2CCCN2S(=O)(=O)c2ccc(F)c(Cl)c2)cc1. The normalized spacial score (nSPS) is 19.2. The van der Waals surface area contributed by atoms with E-state index in [1.807, 2.05) is 31.2 Å². The molecule has 122 valence electrons. The Bertz CT molecular complexity index is 821. The largest absolute Gasteiger partial charge is 0.243 e. The van der Waals surface area contributed by atoms with E-state index in [4.69, 9.17) is 11.6 Å². The maximum atomic E-state index is 13.3. The fourth-order valence-corrected chi connectivity index (χ4v) is 4.88. The lowest BCUT2D eigenvalue weighted by Crippen LogP contribution is -2.30. The minimum Gasteiger partial charge on any atom is -0.207 e. The molecule has 1 fully saturated rings. The van der Waals surface area contributed by atoms with Gasteiger partial charge in [0.25, 0.3) is 0 Å². The van der Waals surface area contributed by atoms with Crippen molar-refractivity contribution in [1.29, 1.82) is 0 Å². The summed E-state index contributed by atoms with van der Waals surface area (Å²) in [4.78, 5) is 0.0305. The highest BCUT2D eigenvalue weighted by Crippen LogP contribution is 2.37. The van der Waals surface area contributed by atoms with Gasteiger partial charge in [-0.25, -0.2) is 12.8 Å². The van der Waals surface area contributed by atoms with Crippen LogP contribution < -0.4 is 0 Å². The Balaban J connectivity index is 1.97. The Labute approximate surface area is 140 Å². The first-order chi connectivity index (χ1) is 10.9. The molecular formula is C17H17ClFNO2S. The molecule has 3 rings (SSSR count). The monoisotopic (exact) mass is 353 g/mol. The zero-order valence-electron chi connectivity index (χ0n) is 12.7. The molecule has 1 atom stereocenters. The second-order valence-corrected chi connectivity index (χ2v) is 8.06. The molecule has 0 radical (unpaired) electrons. The maximum absolute atomic E-state index is 13.3. The Hall–Kier alpha value is -1.43. The number of sulfonamides is 1. The van der Waals surface area contributed by atoms with Crippen molar-refractivity contribution in [2.75, 3.05) is 6.54 Å². The molecule has 1 heterocycles. The van der Waals surface area contributed by atoms with Crippen LogP contribution in [-0.2, 0) is 10.0 Å². The first-order valence-corrected chi connectivity index (χ1v) is 9.25. The Morgan fingerprint density at radius 1 is 1.17 bits per heavy atom. The van der Waals surface area contributed by atoms with Gasteiger partial charge in [-0.2, -0.15) is 4.31 Å². The minimum atomic E-state index is -3.70. The van der Waals surface area contributed by atoms with E-state index in [0.717, 1.165) is 30.0 Å². The number of hydrogen-bond donors (Lipinski definition) is 0.